The van der Waals surface area contributed by atoms with Gasteiger partial charge in [0, 0.05) is 0 Å². The molecule has 2 rings (SSSR count). The molecule has 0 heterocycles. The van der Waals surface area contributed by atoms with E-state index in [1.807, 2.05) is 0 Å². The SMILES string of the molecule is CCCc1ccc(C(Cl)C2CCCCC2(C)C)cc1. The van der Waals surface area contributed by atoms with Crippen LogP contribution in [0, 0.1) is 11.3 Å². The zero-order valence-corrected chi connectivity index (χ0v) is 13.3. The highest BCUT2D eigenvalue weighted by Gasteiger charge is 2.37. The lowest BCUT2D eigenvalue weighted by Gasteiger charge is -2.41. The molecule has 1 saturated carbocycles. The quantitative estimate of drug-likeness (QED) is 0.581. The van der Waals surface area contributed by atoms with Gasteiger partial charge in [0.1, 0.15) is 0 Å². The molecule has 0 amide bonds. The number of alkyl halides is 1. The van der Waals surface area contributed by atoms with Crippen molar-refractivity contribution in [2.24, 2.45) is 11.3 Å². The van der Waals surface area contributed by atoms with Gasteiger partial charge < -0.3 is 0 Å². The largest absolute Gasteiger partial charge is 0.118 e. The van der Waals surface area contributed by atoms with E-state index in [2.05, 4.69) is 45.0 Å². The van der Waals surface area contributed by atoms with Crippen molar-refractivity contribution in [2.45, 2.75) is 64.7 Å². The van der Waals surface area contributed by atoms with Gasteiger partial charge >= 0.3 is 0 Å². The molecule has 0 aromatic heterocycles. The third kappa shape index (κ3) is 3.54. The fraction of sp³-hybridized carbons (Fsp3) is 0.667. The summed E-state index contributed by atoms with van der Waals surface area (Å²) in [4.78, 5) is 0. The van der Waals surface area contributed by atoms with Crippen molar-refractivity contribution in [2.75, 3.05) is 0 Å². The Morgan fingerprint density at radius 3 is 2.47 bits per heavy atom. The van der Waals surface area contributed by atoms with Crippen LogP contribution in [-0.2, 0) is 6.42 Å². The minimum Gasteiger partial charge on any atom is -0.118 e. The highest BCUT2D eigenvalue weighted by Crippen LogP contribution is 2.49. The van der Waals surface area contributed by atoms with Gasteiger partial charge in [-0.05, 0) is 41.7 Å². The second-order valence-electron chi connectivity index (χ2n) is 6.73. The van der Waals surface area contributed by atoms with E-state index in [0.29, 0.717) is 11.3 Å². The summed E-state index contributed by atoms with van der Waals surface area (Å²) in [6.07, 6.45) is 7.67. The molecule has 19 heavy (non-hydrogen) atoms. The molecule has 2 unspecified atom stereocenters. The molecule has 0 nitrogen and oxygen atoms in total. The zero-order chi connectivity index (χ0) is 13.9. The lowest BCUT2D eigenvalue weighted by Crippen LogP contribution is -2.30. The monoisotopic (exact) mass is 278 g/mol. The first-order valence-corrected chi connectivity index (χ1v) is 8.21. The predicted octanol–water partition coefficient (Wildman–Crippen LogP) is 6.14. The van der Waals surface area contributed by atoms with E-state index < -0.39 is 0 Å². The Morgan fingerprint density at radius 2 is 1.89 bits per heavy atom. The van der Waals surface area contributed by atoms with E-state index in [0.717, 1.165) is 0 Å². The molecule has 1 aliphatic carbocycles. The van der Waals surface area contributed by atoms with Crippen molar-refractivity contribution in [1.82, 2.24) is 0 Å². The molecular formula is C18H27Cl. The van der Waals surface area contributed by atoms with Gasteiger partial charge in [-0.15, -0.1) is 11.6 Å². The third-order valence-corrected chi connectivity index (χ3v) is 5.34. The van der Waals surface area contributed by atoms with Crippen LogP contribution >= 0.6 is 11.6 Å². The molecule has 1 fully saturated rings. The lowest BCUT2D eigenvalue weighted by molar-refractivity contribution is 0.133. The second kappa shape index (κ2) is 6.31. The molecule has 0 bridgehead atoms. The molecule has 0 saturated heterocycles. The zero-order valence-electron chi connectivity index (χ0n) is 12.6. The molecule has 106 valence electrons. The molecule has 0 aliphatic heterocycles. The van der Waals surface area contributed by atoms with Crippen LogP contribution in [0.15, 0.2) is 24.3 Å². The summed E-state index contributed by atoms with van der Waals surface area (Å²) in [6, 6.07) is 8.99. The Kier molecular flexibility index (Phi) is 4.95. The Hall–Kier alpha value is -0.490. The van der Waals surface area contributed by atoms with Crippen molar-refractivity contribution in [3.8, 4) is 0 Å². The summed E-state index contributed by atoms with van der Waals surface area (Å²) < 4.78 is 0. The van der Waals surface area contributed by atoms with Gasteiger partial charge in [0.05, 0.1) is 5.38 Å². The summed E-state index contributed by atoms with van der Waals surface area (Å²) in [6.45, 7) is 7.00. The smallest absolute Gasteiger partial charge is 0.0618 e. The summed E-state index contributed by atoms with van der Waals surface area (Å²) >= 11 is 6.80. The molecule has 1 aliphatic rings. The molecule has 0 radical (unpaired) electrons. The minimum absolute atomic E-state index is 0.172. The summed E-state index contributed by atoms with van der Waals surface area (Å²) in [7, 11) is 0. The van der Waals surface area contributed by atoms with Gasteiger partial charge in [-0.25, -0.2) is 0 Å². The van der Waals surface area contributed by atoms with Gasteiger partial charge in [0.25, 0.3) is 0 Å². The van der Waals surface area contributed by atoms with E-state index in [9.17, 15) is 0 Å². The van der Waals surface area contributed by atoms with Crippen LogP contribution < -0.4 is 0 Å². The van der Waals surface area contributed by atoms with Crippen molar-refractivity contribution < 1.29 is 0 Å². The topological polar surface area (TPSA) is 0 Å². The van der Waals surface area contributed by atoms with Crippen LogP contribution in [0.25, 0.3) is 0 Å². The maximum atomic E-state index is 6.80. The number of hydrogen-bond donors (Lipinski definition) is 0. The van der Waals surface area contributed by atoms with E-state index in [-0.39, 0.29) is 5.38 Å². The van der Waals surface area contributed by atoms with E-state index in [1.165, 1.54) is 49.7 Å². The van der Waals surface area contributed by atoms with E-state index >= 15 is 0 Å². The van der Waals surface area contributed by atoms with Crippen molar-refractivity contribution >= 4 is 11.6 Å². The maximum Gasteiger partial charge on any atom is 0.0618 e. The van der Waals surface area contributed by atoms with Crippen LogP contribution in [0.1, 0.15) is 69.4 Å². The average molecular weight is 279 g/mol. The van der Waals surface area contributed by atoms with Crippen LogP contribution in [0.4, 0.5) is 0 Å². The van der Waals surface area contributed by atoms with Gasteiger partial charge in [-0.3, -0.25) is 0 Å². The van der Waals surface area contributed by atoms with Crippen LogP contribution in [-0.4, -0.2) is 0 Å². The fourth-order valence-corrected chi connectivity index (χ4v) is 4.07. The summed E-state index contributed by atoms with van der Waals surface area (Å²) in [5.74, 6) is 0.611. The van der Waals surface area contributed by atoms with Gasteiger partial charge in [0.2, 0.25) is 0 Å². The number of halogens is 1. The predicted molar refractivity (Wildman–Crippen MR) is 84.8 cm³/mol. The Labute approximate surface area is 123 Å². The minimum atomic E-state index is 0.172. The first kappa shape index (κ1) is 14.9. The maximum absolute atomic E-state index is 6.80. The van der Waals surface area contributed by atoms with Crippen molar-refractivity contribution in [3.05, 3.63) is 35.4 Å². The Balaban J connectivity index is 2.11. The highest BCUT2D eigenvalue weighted by atomic mass is 35.5. The Bertz CT molecular complexity index is 391. The molecule has 1 aromatic rings. The summed E-state index contributed by atoms with van der Waals surface area (Å²) in [5, 5.41) is 0.172. The fourth-order valence-electron chi connectivity index (χ4n) is 3.45. The first-order valence-electron chi connectivity index (χ1n) is 7.77. The average Bonchev–Trinajstić information content (AvgIpc) is 2.39. The summed E-state index contributed by atoms with van der Waals surface area (Å²) in [5.41, 5.74) is 3.12. The molecule has 1 heteroatoms. The third-order valence-electron chi connectivity index (χ3n) is 4.78. The van der Waals surface area contributed by atoms with Gasteiger partial charge in [0.15, 0.2) is 0 Å². The van der Waals surface area contributed by atoms with Crippen LogP contribution in [0.3, 0.4) is 0 Å². The molecule has 0 N–H and O–H groups in total. The van der Waals surface area contributed by atoms with Crippen LogP contribution in [0.5, 0.6) is 0 Å². The van der Waals surface area contributed by atoms with Gasteiger partial charge in [-0.1, -0.05) is 64.3 Å². The standard InChI is InChI=1S/C18H27Cl/c1-4-7-14-9-11-15(12-10-14)17(19)16-8-5-6-13-18(16,2)3/h9-12,16-17H,4-8,13H2,1-3H3. The molecular weight excluding hydrogens is 252 g/mol. The van der Waals surface area contributed by atoms with Crippen molar-refractivity contribution in [3.63, 3.8) is 0 Å². The normalized spacial score (nSPS) is 24.1. The number of hydrogen-bond acceptors (Lipinski definition) is 0. The van der Waals surface area contributed by atoms with Gasteiger partial charge in [-0.2, -0.15) is 0 Å². The lowest BCUT2D eigenvalue weighted by atomic mass is 9.66. The molecule has 2 atom stereocenters. The van der Waals surface area contributed by atoms with Crippen LogP contribution in [0.2, 0.25) is 0 Å². The van der Waals surface area contributed by atoms with Crippen molar-refractivity contribution in [1.29, 1.82) is 0 Å². The Morgan fingerprint density at radius 1 is 1.21 bits per heavy atom. The highest BCUT2D eigenvalue weighted by molar-refractivity contribution is 6.21. The molecule has 0 spiro atoms. The van der Waals surface area contributed by atoms with E-state index in [1.54, 1.807) is 0 Å². The van der Waals surface area contributed by atoms with E-state index in [4.69, 9.17) is 11.6 Å². The second-order valence-corrected chi connectivity index (χ2v) is 7.20. The first-order chi connectivity index (χ1) is 9.04. The number of aryl methyl sites for hydroxylation is 1. The molecule has 1 aromatic carbocycles. The number of benzene rings is 1. The number of rotatable bonds is 4.